The number of aliphatic hydroxyl groups is 2. The van der Waals surface area contributed by atoms with Crippen molar-refractivity contribution in [1.29, 1.82) is 0 Å². The lowest BCUT2D eigenvalue weighted by Gasteiger charge is -2.45. The van der Waals surface area contributed by atoms with Crippen LogP contribution in [-0.2, 0) is 21.9 Å². The quantitative estimate of drug-likeness (QED) is 0.390. The summed E-state index contributed by atoms with van der Waals surface area (Å²) in [6, 6.07) is 11.2. The number of halogens is 1. The number of amides is 1. The van der Waals surface area contributed by atoms with E-state index in [0.717, 1.165) is 42.8 Å². The van der Waals surface area contributed by atoms with E-state index < -0.39 is 32.9 Å². The number of benzene rings is 2. The van der Waals surface area contributed by atoms with Crippen LogP contribution in [0.25, 0.3) is 0 Å². The van der Waals surface area contributed by atoms with E-state index >= 15 is 0 Å². The van der Waals surface area contributed by atoms with Crippen molar-refractivity contribution >= 4 is 33.2 Å². The monoisotopic (exact) mass is 628 g/mol. The van der Waals surface area contributed by atoms with Crippen LogP contribution in [0.3, 0.4) is 0 Å². The van der Waals surface area contributed by atoms with E-state index in [4.69, 9.17) is 16.3 Å². The summed E-state index contributed by atoms with van der Waals surface area (Å²) >= 11 is 6.38. The molecule has 0 saturated heterocycles. The molecule has 2 bridgehead atoms. The number of anilines is 1. The Morgan fingerprint density at radius 1 is 1.14 bits per heavy atom. The zero-order valence-corrected chi connectivity index (χ0v) is 26.3. The summed E-state index contributed by atoms with van der Waals surface area (Å²) in [5.74, 6) is 0.216. The molecule has 1 amide bonds. The van der Waals surface area contributed by atoms with Crippen LogP contribution in [0.1, 0.15) is 73.9 Å². The average molecular weight is 629 g/mol. The lowest BCUT2D eigenvalue weighted by Crippen LogP contribution is -2.49. The Morgan fingerprint density at radius 2 is 1.95 bits per heavy atom. The Balaban J connectivity index is 1.42. The number of nitrogens with zero attached hydrogens (tertiary/aromatic N) is 1. The highest BCUT2D eigenvalue weighted by Gasteiger charge is 2.44. The fourth-order valence-corrected chi connectivity index (χ4v) is 9.50. The van der Waals surface area contributed by atoms with E-state index in [1.165, 1.54) is 25.0 Å². The van der Waals surface area contributed by atoms with E-state index in [0.29, 0.717) is 31.9 Å². The fraction of sp³-hybridized carbons (Fsp3) is 0.545. The standard InChI is InChI=1S/C33H41ClN2O6S/c1-32(2,39)30-8-4-3-7-28(37)25-12-9-23(25)18-36-19-33(15-5-6-21-16-24(34)11-13-26(21)33)20-42-29-14-10-22(17-27(29)36)31(38)35-43(30,40)41/h3,7,10-11,13-14,16-17,23,25,28,30,37,39H,4-6,8-9,12,15,18-20H2,1-2H3,(H,35,38)/b7-3-/t23-,25+,28-,30+,33-/m0/s1. The molecule has 6 rings (SSSR count). The van der Waals surface area contributed by atoms with Gasteiger partial charge >= 0.3 is 0 Å². The van der Waals surface area contributed by atoms with Gasteiger partial charge in [0.15, 0.2) is 0 Å². The number of carbonyl (C=O) groups excluding carboxylic acids is 1. The Hall–Kier alpha value is -2.59. The number of hydrogen-bond donors (Lipinski definition) is 3. The summed E-state index contributed by atoms with van der Waals surface area (Å²) in [5.41, 5.74) is 1.53. The molecule has 5 atom stereocenters. The Kier molecular flexibility index (Phi) is 8.07. The maximum Gasteiger partial charge on any atom is 0.264 e. The molecule has 1 saturated carbocycles. The molecule has 0 radical (unpaired) electrons. The smallest absolute Gasteiger partial charge is 0.264 e. The molecular formula is C33H41ClN2O6S. The van der Waals surface area contributed by atoms with E-state index in [9.17, 15) is 23.4 Å². The Morgan fingerprint density at radius 3 is 2.70 bits per heavy atom. The maximum atomic E-state index is 13.4. The molecule has 2 aliphatic heterocycles. The molecule has 1 fully saturated rings. The summed E-state index contributed by atoms with van der Waals surface area (Å²) in [4.78, 5) is 15.7. The Labute approximate surface area is 259 Å². The minimum absolute atomic E-state index is 0.0745. The van der Waals surface area contributed by atoms with Gasteiger partial charge in [0, 0.05) is 29.1 Å². The normalized spacial score (nSPS) is 31.5. The zero-order valence-electron chi connectivity index (χ0n) is 24.8. The van der Waals surface area contributed by atoms with Crippen LogP contribution in [0.4, 0.5) is 5.69 Å². The van der Waals surface area contributed by atoms with Gasteiger partial charge in [-0.15, -0.1) is 0 Å². The summed E-state index contributed by atoms with van der Waals surface area (Å²) in [5, 5.41) is 21.4. The second-order valence-electron chi connectivity index (χ2n) is 13.4. The number of aryl methyl sites for hydroxylation is 1. The highest BCUT2D eigenvalue weighted by molar-refractivity contribution is 7.90. The van der Waals surface area contributed by atoms with Crippen LogP contribution >= 0.6 is 11.6 Å². The van der Waals surface area contributed by atoms with Crippen molar-refractivity contribution in [2.45, 2.75) is 81.2 Å². The van der Waals surface area contributed by atoms with Crippen LogP contribution < -0.4 is 14.4 Å². The van der Waals surface area contributed by atoms with Gasteiger partial charge in [0.1, 0.15) is 11.0 Å². The van der Waals surface area contributed by atoms with Crippen molar-refractivity contribution in [2.75, 3.05) is 24.6 Å². The number of ether oxygens (including phenoxy) is 1. The van der Waals surface area contributed by atoms with E-state index in [1.54, 1.807) is 30.4 Å². The van der Waals surface area contributed by atoms with Crippen molar-refractivity contribution in [1.82, 2.24) is 4.72 Å². The molecule has 2 aromatic rings. The first kappa shape index (κ1) is 30.4. The Bertz CT molecular complexity index is 1540. The molecule has 4 aliphatic rings. The van der Waals surface area contributed by atoms with Gasteiger partial charge in [-0.1, -0.05) is 29.8 Å². The molecule has 8 nitrogen and oxygen atoms in total. The van der Waals surface area contributed by atoms with Crippen LogP contribution in [0, 0.1) is 11.8 Å². The number of allylic oxidation sites excluding steroid dienone is 1. The molecule has 0 unspecified atom stereocenters. The van der Waals surface area contributed by atoms with Gasteiger partial charge in [0.05, 0.1) is 24.0 Å². The first-order valence-electron chi connectivity index (χ1n) is 15.3. The van der Waals surface area contributed by atoms with Gasteiger partial charge < -0.3 is 19.8 Å². The molecule has 10 heteroatoms. The van der Waals surface area contributed by atoms with Crippen molar-refractivity contribution in [3.05, 3.63) is 70.3 Å². The number of carbonyl (C=O) groups is 1. The topological polar surface area (TPSA) is 116 Å². The van der Waals surface area contributed by atoms with Crippen LogP contribution in [0.15, 0.2) is 48.6 Å². The van der Waals surface area contributed by atoms with Gasteiger partial charge in [-0.3, -0.25) is 4.79 Å². The predicted molar refractivity (Wildman–Crippen MR) is 167 cm³/mol. The molecule has 3 N–H and O–H groups in total. The zero-order chi connectivity index (χ0) is 30.6. The molecule has 2 aliphatic carbocycles. The third kappa shape index (κ3) is 5.93. The molecular weight excluding hydrogens is 588 g/mol. The molecule has 2 aromatic carbocycles. The molecule has 43 heavy (non-hydrogen) atoms. The number of sulfonamides is 1. The number of fused-ring (bicyclic) bond motifs is 4. The van der Waals surface area contributed by atoms with Gasteiger partial charge in [-0.2, -0.15) is 0 Å². The predicted octanol–water partition coefficient (Wildman–Crippen LogP) is 4.75. The van der Waals surface area contributed by atoms with Crippen LogP contribution in [0.2, 0.25) is 5.02 Å². The lowest BCUT2D eigenvalue weighted by molar-refractivity contribution is 0.0455. The maximum absolute atomic E-state index is 13.4. The number of hydrogen-bond acceptors (Lipinski definition) is 7. The fourth-order valence-electron chi connectivity index (χ4n) is 7.58. The minimum atomic E-state index is -4.23. The molecule has 232 valence electrons. The number of aliphatic hydroxyl groups excluding tert-OH is 1. The molecule has 2 heterocycles. The van der Waals surface area contributed by atoms with Crippen molar-refractivity contribution in [3.8, 4) is 5.75 Å². The highest BCUT2D eigenvalue weighted by Crippen LogP contribution is 2.46. The van der Waals surface area contributed by atoms with Crippen LogP contribution in [0.5, 0.6) is 5.75 Å². The van der Waals surface area contributed by atoms with E-state index in [2.05, 4.69) is 21.8 Å². The first-order valence-corrected chi connectivity index (χ1v) is 17.2. The highest BCUT2D eigenvalue weighted by atomic mass is 35.5. The summed E-state index contributed by atoms with van der Waals surface area (Å²) in [6.45, 7) is 4.68. The summed E-state index contributed by atoms with van der Waals surface area (Å²) < 4.78 is 35.5. The second kappa shape index (κ2) is 11.4. The molecule has 0 aromatic heterocycles. The van der Waals surface area contributed by atoms with E-state index in [1.807, 2.05) is 6.07 Å². The number of nitrogens with one attached hydrogen (secondary N) is 1. The third-order valence-electron chi connectivity index (χ3n) is 10.00. The van der Waals surface area contributed by atoms with Gasteiger partial charge in [0.2, 0.25) is 10.0 Å². The van der Waals surface area contributed by atoms with Crippen LogP contribution in [-0.4, -0.2) is 61.2 Å². The number of rotatable bonds is 1. The largest absolute Gasteiger partial charge is 0.490 e. The van der Waals surface area contributed by atoms with Gasteiger partial charge in [-0.05, 0) is 112 Å². The molecule has 1 spiro atoms. The second-order valence-corrected chi connectivity index (χ2v) is 15.7. The van der Waals surface area contributed by atoms with Crippen molar-refractivity contribution < 1.29 is 28.2 Å². The summed E-state index contributed by atoms with van der Waals surface area (Å²) in [6.07, 6.45) is 8.14. The van der Waals surface area contributed by atoms with Gasteiger partial charge in [0.25, 0.3) is 5.91 Å². The lowest BCUT2D eigenvalue weighted by atomic mass is 9.68. The van der Waals surface area contributed by atoms with Gasteiger partial charge in [-0.25, -0.2) is 13.1 Å². The SMILES string of the molecule is CC(C)(O)[C@H]1CC/C=C\[C@H](O)[C@@H]2CC[C@H]2CN2C[C@@]3(CCCc4cc(Cl)ccc43)COc3ccc(cc32)C(=O)NS1(=O)=O. The average Bonchev–Trinajstić information content (AvgIpc) is 3.06. The third-order valence-corrected chi connectivity index (χ3v) is 12.3. The van der Waals surface area contributed by atoms with E-state index in [-0.39, 0.29) is 29.2 Å². The van der Waals surface area contributed by atoms with Crippen molar-refractivity contribution in [2.24, 2.45) is 11.8 Å². The first-order chi connectivity index (χ1) is 20.4. The van der Waals surface area contributed by atoms with Crippen molar-refractivity contribution in [3.63, 3.8) is 0 Å². The summed E-state index contributed by atoms with van der Waals surface area (Å²) in [7, 11) is -4.23. The minimum Gasteiger partial charge on any atom is -0.490 e.